The molecule has 0 spiro atoms. The molecule has 0 aromatic rings. The molecule has 2 aliphatic carbocycles. The van der Waals surface area contributed by atoms with Crippen molar-refractivity contribution in [3.8, 4) is 0 Å². The van der Waals surface area contributed by atoms with Gasteiger partial charge in [-0.1, -0.05) is 32.6 Å². The summed E-state index contributed by atoms with van der Waals surface area (Å²) in [6.07, 6.45) is 8.96. The Balaban J connectivity index is 1.86. The van der Waals surface area contributed by atoms with Crippen molar-refractivity contribution in [1.29, 1.82) is 0 Å². The maximum absolute atomic E-state index is 12.2. The fourth-order valence-electron chi connectivity index (χ4n) is 3.74. The average molecular weight is 281 g/mol. The molecule has 2 aliphatic rings. The topological polar surface area (TPSA) is 66.4 Å². The van der Waals surface area contributed by atoms with Crippen LogP contribution >= 0.6 is 0 Å². The van der Waals surface area contributed by atoms with Crippen molar-refractivity contribution in [2.45, 2.75) is 77.2 Å². The van der Waals surface area contributed by atoms with Gasteiger partial charge in [0.25, 0.3) is 0 Å². The number of carboxylic acids is 1. The van der Waals surface area contributed by atoms with E-state index in [0.29, 0.717) is 12.8 Å². The Morgan fingerprint density at radius 1 is 1.10 bits per heavy atom. The summed E-state index contributed by atoms with van der Waals surface area (Å²) in [4.78, 5) is 23.7. The summed E-state index contributed by atoms with van der Waals surface area (Å²) in [5.41, 5.74) is -0.790. The van der Waals surface area contributed by atoms with E-state index in [0.717, 1.165) is 44.4 Å². The summed E-state index contributed by atoms with van der Waals surface area (Å²) in [6, 6.07) is 0.250. The van der Waals surface area contributed by atoms with E-state index < -0.39 is 11.4 Å². The number of amides is 1. The standard InChI is InChI=1S/C16H27NO3/c1-12-5-4-6-13(8-7-12)17-14(18)11-16(15(19)20)9-2-3-10-16/h12-13H,2-11H2,1H3,(H,17,18)(H,19,20). The molecule has 2 fully saturated rings. The molecule has 2 rings (SSSR count). The van der Waals surface area contributed by atoms with Crippen LogP contribution in [-0.2, 0) is 9.59 Å². The Hall–Kier alpha value is -1.06. The van der Waals surface area contributed by atoms with E-state index in [1.807, 2.05) is 0 Å². The molecule has 20 heavy (non-hydrogen) atoms. The van der Waals surface area contributed by atoms with Gasteiger partial charge in [0.15, 0.2) is 0 Å². The third-order valence-electron chi connectivity index (χ3n) is 5.14. The average Bonchev–Trinajstić information content (AvgIpc) is 2.76. The zero-order valence-corrected chi connectivity index (χ0v) is 12.5. The second-order valence-electron chi connectivity index (χ2n) is 6.85. The van der Waals surface area contributed by atoms with E-state index in [9.17, 15) is 14.7 Å². The summed E-state index contributed by atoms with van der Waals surface area (Å²) in [6.45, 7) is 2.27. The Bertz CT molecular complexity index is 361. The van der Waals surface area contributed by atoms with Gasteiger partial charge >= 0.3 is 5.97 Å². The van der Waals surface area contributed by atoms with Crippen LogP contribution in [0.3, 0.4) is 0 Å². The van der Waals surface area contributed by atoms with Crippen LogP contribution in [0.4, 0.5) is 0 Å². The van der Waals surface area contributed by atoms with Crippen molar-refractivity contribution in [3.05, 3.63) is 0 Å². The zero-order valence-electron chi connectivity index (χ0n) is 12.5. The van der Waals surface area contributed by atoms with Crippen molar-refractivity contribution in [3.63, 3.8) is 0 Å². The highest BCUT2D eigenvalue weighted by Gasteiger charge is 2.43. The fraction of sp³-hybridized carbons (Fsp3) is 0.875. The number of rotatable bonds is 4. The van der Waals surface area contributed by atoms with Crippen LogP contribution in [0.1, 0.15) is 71.1 Å². The van der Waals surface area contributed by atoms with E-state index in [2.05, 4.69) is 12.2 Å². The summed E-state index contributed by atoms with van der Waals surface area (Å²) in [5, 5.41) is 12.5. The van der Waals surface area contributed by atoms with Gasteiger partial charge in [-0.05, 0) is 38.0 Å². The van der Waals surface area contributed by atoms with Crippen LogP contribution < -0.4 is 5.32 Å². The Morgan fingerprint density at radius 3 is 2.45 bits per heavy atom. The number of aliphatic carboxylic acids is 1. The smallest absolute Gasteiger partial charge is 0.310 e. The molecular weight excluding hydrogens is 254 g/mol. The number of carboxylic acid groups (broad SMARTS) is 1. The highest BCUT2D eigenvalue weighted by Crippen LogP contribution is 2.41. The lowest BCUT2D eigenvalue weighted by Crippen LogP contribution is -2.40. The molecular formula is C16H27NO3. The van der Waals surface area contributed by atoms with Gasteiger partial charge in [-0.2, -0.15) is 0 Å². The van der Waals surface area contributed by atoms with E-state index in [4.69, 9.17) is 0 Å². The molecule has 0 bridgehead atoms. The molecule has 1 amide bonds. The Morgan fingerprint density at radius 2 is 1.80 bits per heavy atom. The van der Waals surface area contributed by atoms with Crippen LogP contribution in [0.5, 0.6) is 0 Å². The van der Waals surface area contributed by atoms with Gasteiger partial charge in [0.2, 0.25) is 5.91 Å². The van der Waals surface area contributed by atoms with Crippen LogP contribution in [0.15, 0.2) is 0 Å². The van der Waals surface area contributed by atoms with E-state index in [1.165, 1.54) is 6.42 Å². The van der Waals surface area contributed by atoms with Crippen LogP contribution in [0, 0.1) is 11.3 Å². The van der Waals surface area contributed by atoms with E-state index >= 15 is 0 Å². The zero-order chi connectivity index (χ0) is 14.6. The first-order valence-corrected chi connectivity index (χ1v) is 8.05. The summed E-state index contributed by atoms with van der Waals surface area (Å²) < 4.78 is 0. The van der Waals surface area contributed by atoms with Crippen LogP contribution in [0.25, 0.3) is 0 Å². The third kappa shape index (κ3) is 3.74. The largest absolute Gasteiger partial charge is 0.481 e. The molecule has 0 aromatic heterocycles. The first-order chi connectivity index (χ1) is 9.52. The first kappa shape index (κ1) is 15.3. The summed E-state index contributed by atoms with van der Waals surface area (Å²) in [7, 11) is 0. The number of carbonyl (C=O) groups is 2. The van der Waals surface area contributed by atoms with Crippen molar-refractivity contribution in [2.24, 2.45) is 11.3 Å². The van der Waals surface area contributed by atoms with E-state index in [-0.39, 0.29) is 18.4 Å². The molecule has 0 aromatic carbocycles. The van der Waals surface area contributed by atoms with Gasteiger partial charge in [0.05, 0.1) is 5.41 Å². The highest BCUT2D eigenvalue weighted by molar-refractivity contribution is 5.85. The fourth-order valence-corrected chi connectivity index (χ4v) is 3.74. The normalized spacial score (nSPS) is 29.6. The summed E-state index contributed by atoms with van der Waals surface area (Å²) in [5.74, 6) is -0.106. The molecule has 2 N–H and O–H groups in total. The molecule has 0 radical (unpaired) electrons. The quantitative estimate of drug-likeness (QED) is 0.778. The maximum Gasteiger partial charge on any atom is 0.310 e. The Kier molecular flexibility index (Phi) is 5.06. The van der Waals surface area contributed by atoms with Gasteiger partial charge in [-0.25, -0.2) is 0 Å². The lowest BCUT2D eigenvalue weighted by atomic mass is 9.82. The van der Waals surface area contributed by atoms with E-state index in [1.54, 1.807) is 0 Å². The van der Waals surface area contributed by atoms with Gasteiger partial charge in [0.1, 0.15) is 0 Å². The molecule has 2 atom stereocenters. The lowest BCUT2D eigenvalue weighted by molar-refractivity contribution is -0.151. The minimum absolute atomic E-state index is 0.0612. The SMILES string of the molecule is CC1CCCC(NC(=O)CC2(C(=O)O)CCCC2)CC1. The van der Waals surface area contributed by atoms with Gasteiger partial charge in [0, 0.05) is 12.5 Å². The second kappa shape index (κ2) is 6.59. The molecule has 114 valence electrons. The van der Waals surface area contributed by atoms with Crippen molar-refractivity contribution < 1.29 is 14.7 Å². The molecule has 0 heterocycles. The molecule has 0 saturated heterocycles. The van der Waals surface area contributed by atoms with Gasteiger partial charge in [-0.3, -0.25) is 9.59 Å². The highest BCUT2D eigenvalue weighted by atomic mass is 16.4. The number of nitrogens with one attached hydrogen (secondary N) is 1. The molecule has 4 heteroatoms. The molecule has 0 aliphatic heterocycles. The van der Waals surface area contributed by atoms with Crippen LogP contribution in [-0.4, -0.2) is 23.0 Å². The van der Waals surface area contributed by atoms with Gasteiger partial charge in [-0.15, -0.1) is 0 Å². The maximum atomic E-state index is 12.2. The predicted molar refractivity (Wildman–Crippen MR) is 77.3 cm³/mol. The van der Waals surface area contributed by atoms with Crippen molar-refractivity contribution in [2.75, 3.05) is 0 Å². The second-order valence-corrected chi connectivity index (χ2v) is 6.85. The minimum Gasteiger partial charge on any atom is -0.481 e. The van der Waals surface area contributed by atoms with Gasteiger partial charge < -0.3 is 10.4 Å². The molecule has 2 saturated carbocycles. The monoisotopic (exact) mass is 281 g/mol. The minimum atomic E-state index is -0.792. The molecule has 2 unspecified atom stereocenters. The lowest BCUT2D eigenvalue weighted by Gasteiger charge is -2.25. The summed E-state index contributed by atoms with van der Waals surface area (Å²) >= 11 is 0. The number of hydrogen-bond acceptors (Lipinski definition) is 2. The predicted octanol–water partition coefficient (Wildman–Crippen LogP) is 3.11. The van der Waals surface area contributed by atoms with Crippen molar-refractivity contribution in [1.82, 2.24) is 5.32 Å². The van der Waals surface area contributed by atoms with Crippen LogP contribution in [0.2, 0.25) is 0 Å². The number of carbonyl (C=O) groups excluding carboxylic acids is 1. The first-order valence-electron chi connectivity index (χ1n) is 8.05. The van der Waals surface area contributed by atoms with Crippen molar-refractivity contribution >= 4 is 11.9 Å². The Labute approximate surface area is 121 Å². The third-order valence-corrected chi connectivity index (χ3v) is 5.14. The number of hydrogen-bond donors (Lipinski definition) is 2. The molecule has 4 nitrogen and oxygen atoms in total.